The lowest BCUT2D eigenvalue weighted by molar-refractivity contribution is -0.145. The molecule has 7 nitrogen and oxygen atoms in total. The van der Waals surface area contributed by atoms with Gasteiger partial charge in [-0.15, -0.1) is 0 Å². The molecular weight excluding hydrogens is 402 g/mol. The summed E-state index contributed by atoms with van der Waals surface area (Å²) in [5.41, 5.74) is 2.82. The lowest BCUT2D eigenvalue weighted by Gasteiger charge is -2.18. The number of rotatable bonds is 8. The predicted molar refractivity (Wildman–Crippen MR) is 113 cm³/mol. The van der Waals surface area contributed by atoms with E-state index in [1.807, 2.05) is 37.3 Å². The number of sulfonamides is 1. The molecule has 8 heteroatoms. The van der Waals surface area contributed by atoms with Crippen LogP contribution in [0.5, 0.6) is 0 Å². The summed E-state index contributed by atoms with van der Waals surface area (Å²) in [5.74, 6) is -0.664. The average molecular weight is 428 g/mol. The van der Waals surface area contributed by atoms with Crippen LogP contribution in [0.15, 0.2) is 65.6 Å². The van der Waals surface area contributed by atoms with Crippen molar-refractivity contribution in [3.63, 3.8) is 0 Å². The van der Waals surface area contributed by atoms with Gasteiger partial charge in [-0.1, -0.05) is 48.5 Å². The van der Waals surface area contributed by atoms with Gasteiger partial charge >= 0.3 is 5.97 Å². The standard InChI is InChI=1S/C22H25N3O4S/c1-4-29-22(26)21(24-30(27,28)19-13-9-6-10-14-19)20-16(2)23-25(17(20)3)15-18-11-7-5-8-12-18/h5-14,21,24H,4,15H2,1-3H3. The summed E-state index contributed by atoms with van der Waals surface area (Å²) in [6.45, 7) is 5.90. The summed E-state index contributed by atoms with van der Waals surface area (Å²) in [4.78, 5) is 12.8. The third kappa shape index (κ3) is 4.77. The maximum Gasteiger partial charge on any atom is 0.328 e. The second-order valence-electron chi connectivity index (χ2n) is 6.85. The van der Waals surface area contributed by atoms with Crippen LogP contribution in [-0.4, -0.2) is 30.8 Å². The fourth-order valence-corrected chi connectivity index (χ4v) is 4.49. The number of carbonyl (C=O) groups excluding carboxylic acids is 1. The first kappa shape index (κ1) is 21.7. The molecular formula is C22H25N3O4S. The molecule has 1 N–H and O–H groups in total. The van der Waals surface area contributed by atoms with E-state index < -0.39 is 22.0 Å². The van der Waals surface area contributed by atoms with Crippen molar-refractivity contribution in [2.45, 2.75) is 38.3 Å². The van der Waals surface area contributed by atoms with Crippen LogP contribution in [0.3, 0.4) is 0 Å². The Morgan fingerprint density at radius 1 is 1.07 bits per heavy atom. The Balaban J connectivity index is 1.99. The summed E-state index contributed by atoms with van der Waals surface area (Å²) >= 11 is 0. The van der Waals surface area contributed by atoms with Gasteiger partial charge in [0, 0.05) is 11.3 Å². The van der Waals surface area contributed by atoms with Crippen LogP contribution in [0.4, 0.5) is 0 Å². The molecule has 30 heavy (non-hydrogen) atoms. The Morgan fingerprint density at radius 2 is 1.67 bits per heavy atom. The minimum absolute atomic E-state index is 0.0753. The quantitative estimate of drug-likeness (QED) is 0.558. The summed E-state index contributed by atoms with van der Waals surface area (Å²) in [5, 5.41) is 4.55. The van der Waals surface area contributed by atoms with Crippen LogP contribution >= 0.6 is 0 Å². The van der Waals surface area contributed by atoms with Gasteiger partial charge in [0.15, 0.2) is 0 Å². The van der Waals surface area contributed by atoms with Gasteiger partial charge in [-0.05, 0) is 38.5 Å². The van der Waals surface area contributed by atoms with Crippen molar-refractivity contribution >= 4 is 16.0 Å². The SMILES string of the molecule is CCOC(=O)C(NS(=O)(=O)c1ccccc1)c1c(C)nn(Cc2ccccc2)c1C. The Labute approximate surface area is 176 Å². The maximum atomic E-state index is 12.9. The third-order valence-corrected chi connectivity index (χ3v) is 6.19. The highest BCUT2D eigenvalue weighted by molar-refractivity contribution is 7.89. The molecule has 2 aromatic carbocycles. The monoisotopic (exact) mass is 427 g/mol. The highest BCUT2D eigenvalue weighted by atomic mass is 32.2. The minimum Gasteiger partial charge on any atom is -0.465 e. The first-order valence-electron chi connectivity index (χ1n) is 9.65. The molecule has 0 aliphatic rings. The summed E-state index contributed by atoms with van der Waals surface area (Å²) in [7, 11) is -3.94. The summed E-state index contributed by atoms with van der Waals surface area (Å²) < 4.78 is 35.3. The van der Waals surface area contributed by atoms with E-state index >= 15 is 0 Å². The highest BCUT2D eigenvalue weighted by Crippen LogP contribution is 2.26. The van der Waals surface area contributed by atoms with Crippen molar-refractivity contribution < 1.29 is 17.9 Å². The second kappa shape index (κ2) is 9.23. The second-order valence-corrected chi connectivity index (χ2v) is 8.56. The zero-order chi connectivity index (χ0) is 21.7. The zero-order valence-corrected chi connectivity index (χ0v) is 18.0. The Bertz CT molecular complexity index is 1110. The molecule has 0 fully saturated rings. The van der Waals surface area contributed by atoms with E-state index in [0.717, 1.165) is 5.56 Å². The molecule has 1 unspecified atom stereocenters. The van der Waals surface area contributed by atoms with Crippen molar-refractivity contribution in [1.82, 2.24) is 14.5 Å². The van der Waals surface area contributed by atoms with Gasteiger partial charge in [0.25, 0.3) is 0 Å². The Hall–Kier alpha value is -2.97. The van der Waals surface area contributed by atoms with Crippen LogP contribution < -0.4 is 4.72 Å². The van der Waals surface area contributed by atoms with E-state index in [-0.39, 0.29) is 11.5 Å². The van der Waals surface area contributed by atoms with E-state index in [4.69, 9.17) is 4.74 Å². The number of carbonyl (C=O) groups is 1. The average Bonchev–Trinajstić information content (AvgIpc) is 3.01. The van der Waals surface area contributed by atoms with Crippen LogP contribution in [0.2, 0.25) is 0 Å². The molecule has 0 aliphatic carbocycles. The highest BCUT2D eigenvalue weighted by Gasteiger charge is 2.33. The van der Waals surface area contributed by atoms with Crippen LogP contribution in [0.25, 0.3) is 0 Å². The van der Waals surface area contributed by atoms with Crippen LogP contribution in [-0.2, 0) is 26.1 Å². The molecule has 1 heterocycles. The molecule has 0 spiro atoms. The molecule has 158 valence electrons. The molecule has 0 saturated heterocycles. The number of hydrogen-bond donors (Lipinski definition) is 1. The normalized spacial score (nSPS) is 12.5. The summed E-state index contributed by atoms with van der Waals surface area (Å²) in [6.07, 6.45) is 0. The van der Waals surface area contributed by atoms with Gasteiger partial charge in [-0.3, -0.25) is 4.68 Å². The van der Waals surface area contributed by atoms with Crippen molar-refractivity contribution in [3.8, 4) is 0 Å². The molecule has 1 aromatic heterocycles. The number of aryl methyl sites for hydroxylation is 1. The molecule has 0 bridgehead atoms. The predicted octanol–water partition coefficient (Wildman–Crippen LogP) is 3.13. The van der Waals surface area contributed by atoms with Gasteiger partial charge < -0.3 is 4.74 Å². The Kier molecular flexibility index (Phi) is 6.69. The molecule has 3 rings (SSSR count). The smallest absolute Gasteiger partial charge is 0.328 e. The number of benzene rings is 2. The number of nitrogens with zero attached hydrogens (tertiary/aromatic N) is 2. The van der Waals surface area contributed by atoms with Crippen molar-refractivity contribution in [1.29, 1.82) is 0 Å². The third-order valence-electron chi connectivity index (χ3n) is 4.75. The van der Waals surface area contributed by atoms with E-state index in [1.165, 1.54) is 12.1 Å². The Morgan fingerprint density at radius 3 is 2.27 bits per heavy atom. The number of nitrogens with one attached hydrogen (secondary N) is 1. The number of esters is 1. The fraction of sp³-hybridized carbons (Fsp3) is 0.273. The van der Waals surface area contributed by atoms with E-state index in [9.17, 15) is 13.2 Å². The lowest BCUT2D eigenvalue weighted by atomic mass is 10.1. The molecule has 0 amide bonds. The molecule has 3 aromatic rings. The van der Waals surface area contributed by atoms with E-state index in [0.29, 0.717) is 23.5 Å². The number of aromatic nitrogens is 2. The minimum atomic E-state index is -3.94. The molecule has 0 saturated carbocycles. The van der Waals surface area contributed by atoms with Crippen molar-refractivity contribution in [3.05, 3.63) is 83.2 Å². The number of hydrogen-bond acceptors (Lipinski definition) is 5. The van der Waals surface area contributed by atoms with Gasteiger partial charge in [0.05, 0.1) is 23.7 Å². The summed E-state index contributed by atoms with van der Waals surface area (Å²) in [6, 6.07) is 16.5. The zero-order valence-electron chi connectivity index (χ0n) is 17.2. The molecule has 0 aliphatic heterocycles. The van der Waals surface area contributed by atoms with Gasteiger partial charge in [0.2, 0.25) is 10.0 Å². The molecule has 0 radical (unpaired) electrons. The molecule has 1 atom stereocenters. The number of ether oxygens (including phenoxy) is 1. The topological polar surface area (TPSA) is 90.3 Å². The van der Waals surface area contributed by atoms with Gasteiger partial charge in [0.1, 0.15) is 6.04 Å². The van der Waals surface area contributed by atoms with Crippen molar-refractivity contribution in [2.24, 2.45) is 0 Å². The largest absolute Gasteiger partial charge is 0.465 e. The van der Waals surface area contributed by atoms with Gasteiger partial charge in [-0.25, -0.2) is 13.2 Å². The van der Waals surface area contributed by atoms with Crippen molar-refractivity contribution in [2.75, 3.05) is 6.61 Å². The van der Waals surface area contributed by atoms with E-state index in [2.05, 4.69) is 9.82 Å². The lowest BCUT2D eigenvalue weighted by Crippen LogP contribution is -2.35. The first-order valence-corrected chi connectivity index (χ1v) is 11.1. The fourth-order valence-electron chi connectivity index (χ4n) is 3.31. The first-order chi connectivity index (χ1) is 14.3. The van der Waals surface area contributed by atoms with Crippen LogP contribution in [0, 0.1) is 13.8 Å². The maximum absolute atomic E-state index is 12.9. The van der Waals surface area contributed by atoms with E-state index in [1.54, 1.807) is 36.7 Å². The van der Waals surface area contributed by atoms with Gasteiger partial charge in [-0.2, -0.15) is 9.82 Å². The van der Waals surface area contributed by atoms with Crippen LogP contribution in [0.1, 0.15) is 35.5 Å².